The van der Waals surface area contributed by atoms with Crippen LogP contribution in [0.2, 0.25) is 0 Å². The zero-order valence-electron chi connectivity index (χ0n) is 23.0. The Labute approximate surface area is 236 Å². The molecule has 2 heterocycles. The second-order valence-corrected chi connectivity index (χ2v) is 10.6. The van der Waals surface area contributed by atoms with Gasteiger partial charge in [0.1, 0.15) is 23.3 Å². The van der Waals surface area contributed by atoms with Gasteiger partial charge < -0.3 is 24.8 Å². The lowest BCUT2D eigenvalue weighted by Gasteiger charge is -2.37. The number of β-amino-alcohol motifs (C(OH)–C–C–N with tert-alkyl or cyclic N) is 1. The van der Waals surface area contributed by atoms with Crippen LogP contribution in [-0.4, -0.2) is 54.1 Å². The quantitative estimate of drug-likeness (QED) is 0.449. The molecule has 0 bridgehead atoms. The summed E-state index contributed by atoms with van der Waals surface area (Å²) < 4.78 is 39.7. The molecule has 2 unspecified atom stereocenters. The highest BCUT2D eigenvalue weighted by atomic mass is 19.1. The van der Waals surface area contributed by atoms with Gasteiger partial charge in [-0.05, 0) is 63.1 Å². The van der Waals surface area contributed by atoms with E-state index >= 15 is 0 Å². The third-order valence-electron chi connectivity index (χ3n) is 6.54. The number of alkyl carbamates (subject to hydrolysis) is 1. The first-order valence-electron chi connectivity index (χ1n) is 12.9. The number of anilines is 1. The lowest BCUT2D eigenvalue weighted by atomic mass is 9.93. The van der Waals surface area contributed by atoms with Gasteiger partial charge in [0.25, 0.3) is 0 Å². The number of nitriles is 2. The molecule has 1 amide bonds. The van der Waals surface area contributed by atoms with Crippen LogP contribution in [0.25, 0.3) is 22.4 Å². The van der Waals surface area contributed by atoms with E-state index in [1.54, 1.807) is 37.8 Å². The van der Waals surface area contributed by atoms with Crippen molar-refractivity contribution in [1.29, 1.82) is 10.5 Å². The van der Waals surface area contributed by atoms with Crippen molar-refractivity contribution < 1.29 is 28.2 Å². The second kappa shape index (κ2) is 11.8. The number of aromatic nitrogens is 1. The number of carbonyl (C=O) groups is 1. The Bertz CT molecular complexity index is 1560. The summed E-state index contributed by atoms with van der Waals surface area (Å²) in [6, 6.07) is 13.0. The number of nitrogens with zero attached hydrogens (tertiary/aromatic N) is 4. The molecule has 1 saturated heterocycles. The summed E-state index contributed by atoms with van der Waals surface area (Å²) in [6.07, 6.45) is -1.26. The lowest BCUT2D eigenvalue weighted by molar-refractivity contribution is 0.0402. The number of carbonyl (C=O) groups excluding carboxylic acids is 1. The maximum Gasteiger partial charge on any atom is 0.407 e. The maximum absolute atomic E-state index is 14.7. The highest BCUT2D eigenvalue weighted by molar-refractivity contribution is 5.87. The van der Waals surface area contributed by atoms with E-state index in [-0.39, 0.29) is 40.2 Å². The maximum atomic E-state index is 14.7. The number of benzene rings is 2. The molecule has 1 aliphatic rings. The average Bonchev–Trinajstić information content (AvgIpc) is 2.92. The summed E-state index contributed by atoms with van der Waals surface area (Å²) in [5, 5.41) is 32.8. The van der Waals surface area contributed by atoms with Crippen LogP contribution < -0.4 is 15.0 Å². The van der Waals surface area contributed by atoms with E-state index in [0.717, 1.165) is 6.07 Å². The van der Waals surface area contributed by atoms with E-state index in [2.05, 4.69) is 11.4 Å². The van der Waals surface area contributed by atoms with Crippen molar-refractivity contribution in [3.8, 4) is 40.3 Å². The monoisotopic (exact) mass is 561 g/mol. The summed E-state index contributed by atoms with van der Waals surface area (Å²) in [6.45, 7) is 5.67. The van der Waals surface area contributed by atoms with Crippen LogP contribution in [0.4, 0.5) is 19.4 Å². The van der Waals surface area contributed by atoms with Crippen LogP contribution in [0.1, 0.15) is 38.3 Å². The predicted molar refractivity (Wildman–Crippen MR) is 147 cm³/mol. The summed E-state index contributed by atoms with van der Waals surface area (Å²) >= 11 is 0. The zero-order valence-corrected chi connectivity index (χ0v) is 23.0. The zero-order chi connectivity index (χ0) is 29.9. The van der Waals surface area contributed by atoms with Gasteiger partial charge in [0.2, 0.25) is 0 Å². The smallest absolute Gasteiger partial charge is 0.407 e. The van der Waals surface area contributed by atoms with Gasteiger partial charge in [-0.3, -0.25) is 0 Å². The van der Waals surface area contributed by atoms with Crippen LogP contribution in [0, 0.1) is 34.3 Å². The number of piperidine rings is 1. The Morgan fingerprint density at radius 2 is 1.76 bits per heavy atom. The van der Waals surface area contributed by atoms with Crippen molar-refractivity contribution in [3.63, 3.8) is 0 Å². The molecule has 212 valence electrons. The number of nitrogens with one attached hydrogen (secondary N) is 1. The summed E-state index contributed by atoms with van der Waals surface area (Å²) in [4.78, 5) is 18.7. The number of pyridine rings is 1. The first-order chi connectivity index (χ1) is 19.4. The molecule has 4 rings (SSSR count). The highest BCUT2D eigenvalue weighted by Crippen LogP contribution is 2.38. The molecule has 9 nitrogen and oxygen atoms in total. The molecule has 11 heteroatoms. The first-order valence-corrected chi connectivity index (χ1v) is 12.9. The number of ether oxygens (including phenoxy) is 2. The van der Waals surface area contributed by atoms with Crippen LogP contribution in [0.3, 0.4) is 0 Å². The van der Waals surface area contributed by atoms with E-state index in [0.29, 0.717) is 24.3 Å². The molecule has 41 heavy (non-hydrogen) atoms. The largest absolute Gasteiger partial charge is 0.494 e. The van der Waals surface area contributed by atoms with Crippen LogP contribution in [0.5, 0.6) is 5.75 Å². The molecule has 0 saturated carbocycles. The van der Waals surface area contributed by atoms with Gasteiger partial charge in [0, 0.05) is 24.2 Å². The van der Waals surface area contributed by atoms with Crippen molar-refractivity contribution in [2.45, 2.75) is 44.9 Å². The fourth-order valence-corrected chi connectivity index (χ4v) is 4.62. The molecular formula is C30H29F2N5O4. The molecule has 1 fully saturated rings. The SMILES string of the molecule is COc1ccc(-c2c(C#N)cc(N3CCC(NC(=O)OC(C)(C)C)C(O)C3)nc2-c2ccc(C#N)c(F)c2)cc1F. The Hall–Kier alpha value is -4.74. The molecule has 0 spiro atoms. The molecule has 2 N–H and O–H groups in total. The topological polar surface area (TPSA) is 132 Å². The number of rotatable bonds is 5. The standard InChI is InChI=1S/C30H29F2N5O4/c1-30(2,3)41-29(39)35-23-9-10-37(16-24(23)38)26-13-20(15-34)27(17-7-8-25(40-4)22(32)11-17)28(36-26)18-5-6-19(14-33)21(31)12-18/h5-8,11-13,23-24,38H,9-10,16H2,1-4H3,(H,35,39). The van der Waals surface area contributed by atoms with Crippen molar-refractivity contribution in [2.24, 2.45) is 0 Å². The number of aliphatic hydroxyl groups excluding tert-OH is 1. The molecule has 0 radical (unpaired) electrons. The van der Waals surface area contributed by atoms with E-state index in [9.17, 15) is 29.2 Å². The Balaban J connectivity index is 1.75. The number of hydrogen-bond acceptors (Lipinski definition) is 8. The van der Waals surface area contributed by atoms with Crippen molar-refractivity contribution >= 4 is 11.9 Å². The van der Waals surface area contributed by atoms with E-state index < -0.39 is 35.5 Å². The van der Waals surface area contributed by atoms with Gasteiger partial charge in [-0.15, -0.1) is 0 Å². The van der Waals surface area contributed by atoms with Crippen molar-refractivity contribution in [2.75, 3.05) is 25.1 Å². The minimum atomic E-state index is -0.977. The summed E-state index contributed by atoms with van der Waals surface area (Å²) in [5.41, 5.74) is 0.336. The third kappa shape index (κ3) is 6.53. The van der Waals surface area contributed by atoms with Crippen LogP contribution in [0.15, 0.2) is 42.5 Å². The van der Waals surface area contributed by atoms with Gasteiger partial charge in [-0.1, -0.05) is 12.1 Å². The lowest BCUT2D eigenvalue weighted by Crippen LogP contribution is -2.55. The number of halogens is 2. The molecular weight excluding hydrogens is 532 g/mol. The second-order valence-electron chi connectivity index (χ2n) is 10.6. The molecule has 2 aromatic carbocycles. The van der Waals surface area contributed by atoms with Gasteiger partial charge >= 0.3 is 6.09 Å². The van der Waals surface area contributed by atoms with E-state index in [4.69, 9.17) is 14.5 Å². The fraction of sp³-hybridized carbons (Fsp3) is 0.333. The first kappa shape index (κ1) is 29.2. The predicted octanol–water partition coefficient (Wildman–Crippen LogP) is 4.91. The van der Waals surface area contributed by atoms with Crippen LogP contribution >= 0.6 is 0 Å². The number of hydrogen-bond donors (Lipinski definition) is 2. The minimum absolute atomic E-state index is 0.0136. The van der Waals surface area contributed by atoms with Crippen molar-refractivity contribution in [3.05, 3.63) is 65.2 Å². The average molecular weight is 562 g/mol. The molecule has 3 aromatic rings. The van der Waals surface area contributed by atoms with Gasteiger partial charge in [0.05, 0.1) is 42.1 Å². The summed E-state index contributed by atoms with van der Waals surface area (Å²) in [5.74, 6) is -1.09. The van der Waals surface area contributed by atoms with Crippen LogP contribution in [-0.2, 0) is 4.74 Å². The molecule has 2 atom stereocenters. The number of methoxy groups -OCH3 is 1. The molecule has 1 aromatic heterocycles. The van der Waals surface area contributed by atoms with E-state index in [1.165, 1.54) is 37.4 Å². The minimum Gasteiger partial charge on any atom is -0.494 e. The fourth-order valence-electron chi connectivity index (χ4n) is 4.62. The third-order valence-corrected chi connectivity index (χ3v) is 6.54. The Morgan fingerprint density at radius 3 is 2.34 bits per heavy atom. The Kier molecular flexibility index (Phi) is 8.41. The highest BCUT2D eigenvalue weighted by Gasteiger charge is 2.32. The Morgan fingerprint density at radius 1 is 1.07 bits per heavy atom. The molecule has 1 aliphatic heterocycles. The number of aliphatic hydroxyl groups is 1. The summed E-state index contributed by atoms with van der Waals surface area (Å²) in [7, 11) is 1.33. The van der Waals surface area contributed by atoms with E-state index in [1.807, 2.05) is 0 Å². The number of amides is 1. The van der Waals surface area contributed by atoms with Crippen molar-refractivity contribution in [1.82, 2.24) is 10.3 Å². The van der Waals surface area contributed by atoms with Gasteiger partial charge in [-0.2, -0.15) is 10.5 Å². The normalized spacial score (nSPS) is 16.9. The van der Waals surface area contributed by atoms with Gasteiger partial charge in [-0.25, -0.2) is 18.6 Å². The molecule has 0 aliphatic carbocycles. The van der Waals surface area contributed by atoms with Gasteiger partial charge in [0.15, 0.2) is 11.6 Å².